The van der Waals surface area contributed by atoms with Crippen LogP contribution in [-0.4, -0.2) is 35.8 Å². The fourth-order valence-electron chi connectivity index (χ4n) is 2.93. The Hall–Kier alpha value is -1.75. The standard InChI is InChI=1S/C19H17Cl3N2O2/c20-13-3-1-12(2-4-13)18(25)23-15-7-9-24(10-8-15)19(26)16-6-5-14(21)11-17(16)22/h1-6,11,15H,7-10H2,(H,23,25). The summed E-state index contributed by atoms with van der Waals surface area (Å²) < 4.78 is 0. The van der Waals surface area contributed by atoms with E-state index < -0.39 is 0 Å². The van der Waals surface area contributed by atoms with Crippen LogP contribution < -0.4 is 5.32 Å². The van der Waals surface area contributed by atoms with Crippen molar-refractivity contribution >= 4 is 46.6 Å². The van der Waals surface area contributed by atoms with Crippen LogP contribution in [0.1, 0.15) is 33.6 Å². The van der Waals surface area contributed by atoms with E-state index in [1.165, 1.54) is 0 Å². The average Bonchev–Trinajstić information content (AvgIpc) is 2.62. The molecule has 4 nitrogen and oxygen atoms in total. The Morgan fingerprint density at radius 2 is 1.54 bits per heavy atom. The normalized spacial score (nSPS) is 15.0. The van der Waals surface area contributed by atoms with E-state index in [9.17, 15) is 9.59 Å². The van der Waals surface area contributed by atoms with Gasteiger partial charge >= 0.3 is 0 Å². The minimum absolute atomic E-state index is 0.0305. The maximum atomic E-state index is 12.6. The minimum atomic E-state index is -0.132. The molecule has 1 N–H and O–H groups in total. The van der Waals surface area contributed by atoms with Crippen LogP contribution in [0.2, 0.25) is 15.1 Å². The third kappa shape index (κ3) is 4.50. The number of likely N-dealkylation sites (tertiary alicyclic amines) is 1. The molecule has 1 aliphatic rings. The van der Waals surface area contributed by atoms with Crippen molar-refractivity contribution in [1.29, 1.82) is 0 Å². The van der Waals surface area contributed by atoms with E-state index in [0.29, 0.717) is 52.1 Å². The van der Waals surface area contributed by atoms with E-state index in [2.05, 4.69) is 5.32 Å². The first-order valence-corrected chi connectivity index (χ1v) is 9.38. The highest BCUT2D eigenvalue weighted by atomic mass is 35.5. The molecule has 26 heavy (non-hydrogen) atoms. The summed E-state index contributed by atoms with van der Waals surface area (Å²) in [7, 11) is 0. The van der Waals surface area contributed by atoms with Crippen LogP contribution in [0.4, 0.5) is 0 Å². The van der Waals surface area contributed by atoms with Gasteiger partial charge in [-0.05, 0) is 55.3 Å². The molecule has 0 spiro atoms. The number of amides is 2. The van der Waals surface area contributed by atoms with Crippen LogP contribution in [0.3, 0.4) is 0 Å². The van der Waals surface area contributed by atoms with Gasteiger partial charge in [0.1, 0.15) is 0 Å². The molecule has 1 heterocycles. The van der Waals surface area contributed by atoms with Crippen molar-refractivity contribution in [2.24, 2.45) is 0 Å². The first kappa shape index (κ1) is 19.0. The van der Waals surface area contributed by atoms with Gasteiger partial charge in [-0.3, -0.25) is 9.59 Å². The van der Waals surface area contributed by atoms with Gasteiger partial charge in [-0.25, -0.2) is 0 Å². The molecule has 2 amide bonds. The molecule has 2 aromatic carbocycles. The van der Waals surface area contributed by atoms with Crippen molar-refractivity contribution in [3.63, 3.8) is 0 Å². The molecule has 3 rings (SSSR count). The summed E-state index contributed by atoms with van der Waals surface area (Å²) >= 11 is 17.8. The number of hydrogen-bond donors (Lipinski definition) is 1. The molecule has 0 radical (unpaired) electrons. The number of rotatable bonds is 3. The molecule has 0 aliphatic carbocycles. The van der Waals surface area contributed by atoms with Gasteiger partial charge in [0, 0.05) is 34.7 Å². The fraction of sp³-hybridized carbons (Fsp3) is 0.263. The number of hydrogen-bond acceptors (Lipinski definition) is 2. The lowest BCUT2D eigenvalue weighted by molar-refractivity contribution is 0.0698. The molecule has 1 fully saturated rings. The predicted octanol–water partition coefficient (Wildman–Crippen LogP) is 4.68. The van der Waals surface area contributed by atoms with Gasteiger partial charge in [-0.1, -0.05) is 34.8 Å². The molecular formula is C19H17Cl3N2O2. The Morgan fingerprint density at radius 1 is 0.923 bits per heavy atom. The van der Waals surface area contributed by atoms with Gasteiger partial charge in [0.25, 0.3) is 11.8 Å². The Bertz CT molecular complexity index is 816. The largest absolute Gasteiger partial charge is 0.349 e. The number of carbonyl (C=O) groups is 2. The fourth-order valence-corrected chi connectivity index (χ4v) is 3.55. The maximum absolute atomic E-state index is 12.6. The lowest BCUT2D eigenvalue weighted by atomic mass is 10.0. The van der Waals surface area contributed by atoms with Gasteiger partial charge in [0.15, 0.2) is 0 Å². The molecule has 7 heteroatoms. The molecular weight excluding hydrogens is 395 g/mol. The number of piperidine rings is 1. The monoisotopic (exact) mass is 410 g/mol. The van der Waals surface area contributed by atoms with Crippen molar-refractivity contribution < 1.29 is 9.59 Å². The van der Waals surface area contributed by atoms with Crippen LogP contribution in [-0.2, 0) is 0 Å². The predicted molar refractivity (Wildman–Crippen MR) is 104 cm³/mol. The number of halogens is 3. The summed E-state index contributed by atoms with van der Waals surface area (Å²) in [5.74, 6) is -0.249. The first-order valence-electron chi connectivity index (χ1n) is 8.25. The Labute approximate surface area is 167 Å². The van der Waals surface area contributed by atoms with Crippen LogP contribution in [0, 0.1) is 0 Å². The Balaban J connectivity index is 1.56. The first-order chi connectivity index (χ1) is 12.4. The van der Waals surface area contributed by atoms with Gasteiger partial charge in [-0.15, -0.1) is 0 Å². The average molecular weight is 412 g/mol. The van der Waals surface area contributed by atoms with Crippen LogP contribution >= 0.6 is 34.8 Å². The van der Waals surface area contributed by atoms with E-state index >= 15 is 0 Å². The number of carbonyl (C=O) groups excluding carboxylic acids is 2. The van der Waals surface area contributed by atoms with Crippen molar-refractivity contribution in [1.82, 2.24) is 10.2 Å². The van der Waals surface area contributed by atoms with Crippen molar-refractivity contribution in [3.8, 4) is 0 Å². The maximum Gasteiger partial charge on any atom is 0.255 e. The van der Waals surface area contributed by atoms with E-state index in [1.807, 2.05) is 0 Å². The molecule has 136 valence electrons. The summed E-state index contributed by atoms with van der Waals surface area (Å²) in [6.45, 7) is 1.12. The zero-order valence-corrected chi connectivity index (χ0v) is 16.1. The molecule has 2 aromatic rings. The SMILES string of the molecule is O=C(NC1CCN(C(=O)c2ccc(Cl)cc2Cl)CC1)c1ccc(Cl)cc1. The zero-order valence-electron chi connectivity index (χ0n) is 13.8. The van der Waals surface area contributed by atoms with Gasteiger partial charge in [0.2, 0.25) is 0 Å². The lowest BCUT2D eigenvalue weighted by Crippen LogP contribution is -2.46. The summed E-state index contributed by atoms with van der Waals surface area (Å²) in [4.78, 5) is 26.6. The van der Waals surface area contributed by atoms with Gasteiger partial charge < -0.3 is 10.2 Å². The molecule has 1 aliphatic heterocycles. The Morgan fingerprint density at radius 3 is 2.15 bits per heavy atom. The second-order valence-electron chi connectivity index (χ2n) is 6.17. The Kier molecular flexibility index (Phi) is 6.07. The summed E-state index contributed by atoms with van der Waals surface area (Å²) in [6, 6.07) is 11.7. The molecule has 0 aromatic heterocycles. The molecule has 1 saturated heterocycles. The summed E-state index contributed by atoms with van der Waals surface area (Å²) in [5.41, 5.74) is 1.01. The van der Waals surface area contributed by atoms with E-state index in [-0.39, 0.29) is 17.9 Å². The lowest BCUT2D eigenvalue weighted by Gasteiger charge is -2.32. The zero-order chi connectivity index (χ0) is 18.7. The third-order valence-corrected chi connectivity index (χ3v) is 5.19. The van der Waals surface area contributed by atoms with Crippen LogP contribution in [0.15, 0.2) is 42.5 Å². The van der Waals surface area contributed by atoms with E-state index in [0.717, 1.165) is 0 Å². The van der Waals surface area contributed by atoms with E-state index in [1.54, 1.807) is 47.4 Å². The van der Waals surface area contributed by atoms with E-state index in [4.69, 9.17) is 34.8 Å². The smallest absolute Gasteiger partial charge is 0.255 e. The molecule has 0 atom stereocenters. The van der Waals surface area contributed by atoms with Crippen molar-refractivity contribution in [2.75, 3.05) is 13.1 Å². The highest BCUT2D eigenvalue weighted by Gasteiger charge is 2.26. The summed E-state index contributed by atoms with van der Waals surface area (Å²) in [6.07, 6.45) is 1.38. The van der Waals surface area contributed by atoms with Gasteiger partial charge in [0.05, 0.1) is 10.6 Å². The molecule has 0 unspecified atom stereocenters. The van der Waals surface area contributed by atoms with Gasteiger partial charge in [-0.2, -0.15) is 0 Å². The minimum Gasteiger partial charge on any atom is -0.349 e. The quantitative estimate of drug-likeness (QED) is 0.797. The summed E-state index contributed by atoms with van der Waals surface area (Å²) in [5, 5.41) is 4.44. The van der Waals surface area contributed by atoms with Crippen molar-refractivity contribution in [2.45, 2.75) is 18.9 Å². The number of benzene rings is 2. The van der Waals surface area contributed by atoms with Crippen LogP contribution in [0.5, 0.6) is 0 Å². The highest BCUT2D eigenvalue weighted by Crippen LogP contribution is 2.24. The number of nitrogens with zero attached hydrogens (tertiary/aromatic N) is 1. The van der Waals surface area contributed by atoms with Crippen LogP contribution in [0.25, 0.3) is 0 Å². The molecule has 0 saturated carbocycles. The second-order valence-corrected chi connectivity index (χ2v) is 7.45. The third-order valence-electron chi connectivity index (χ3n) is 4.39. The highest BCUT2D eigenvalue weighted by molar-refractivity contribution is 6.36. The van der Waals surface area contributed by atoms with Crippen molar-refractivity contribution in [3.05, 3.63) is 68.7 Å². The number of nitrogens with one attached hydrogen (secondary N) is 1. The molecule has 0 bridgehead atoms. The second kappa shape index (κ2) is 8.30. The topological polar surface area (TPSA) is 49.4 Å².